The number of para-hydroxylation sites is 2. The predicted molar refractivity (Wildman–Crippen MR) is 133 cm³/mol. The van der Waals surface area contributed by atoms with Gasteiger partial charge >= 0.3 is 0 Å². The Morgan fingerprint density at radius 3 is 2.59 bits per heavy atom. The van der Waals surface area contributed by atoms with Crippen molar-refractivity contribution in [2.45, 2.75) is 26.2 Å². The quantitative estimate of drug-likeness (QED) is 0.464. The van der Waals surface area contributed by atoms with Crippen molar-refractivity contribution in [3.05, 3.63) is 58.1 Å². The third-order valence-electron chi connectivity index (χ3n) is 7.01. The molecule has 0 radical (unpaired) electrons. The second kappa shape index (κ2) is 9.32. The molecule has 5 rings (SSSR count). The number of nitrogens with zero attached hydrogens (tertiary/aromatic N) is 5. The summed E-state index contributed by atoms with van der Waals surface area (Å²) >= 11 is 0. The monoisotopic (exact) mass is 462 g/mol. The second-order valence-corrected chi connectivity index (χ2v) is 9.34. The molecule has 2 aliphatic rings. The number of non-ortho nitro benzene ring substituents is 1. The van der Waals surface area contributed by atoms with Crippen molar-refractivity contribution >= 4 is 34.3 Å². The molecule has 1 amide bonds. The van der Waals surface area contributed by atoms with Crippen LogP contribution in [0.1, 0.15) is 36.5 Å². The van der Waals surface area contributed by atoms with E-state index in [1.807, 2.05) is 29.2 Å². The van der Waals surface area contributed by atoms with Gasteiger partial charge < -0.3 is 19.7 Å². The zero-order valence-corrected chi connectivity index (χ0v) is 19.4. The maximum Gasteiger partial charge on any atom is 0.270 e. The predicted octanol–water partition coefficient (Wildman–Crippen LogP) is 4.06. The van der Waals surface area contributed by atoms with Gasteiger partial charge in [0.05, 0.1) is 27.2 Å². The van der Waals surface area contributed by atoms with Gasteiger partial charge in [-0.3, -0.25) is 14.9 Å². The second-order valence-electron chi connectivity index (χ2n) is 9.34. The molecule has 34 heavy (non-hydrogen) atoms. The van der Waals surface area contributed by atoms with Gasteiger partial charge in [0.15, 0.2) is 0 Å². The number of imidazole rings is 1. The number of carbonyl (C=O) groups is 1. The molecule has 0 unspecified atom stereocenters. The Morgan fingerprint density at radius 2 is 1.82 bits per heavy atom. The first kappa shape index (κ1) is 22.2. The number of H-pyrrole nitrogens is 1. The normalized spacial score (nSPS) is 17.7. The molecular formula is C25H30N6O3. The smallest absolute Gasteiger partial charge is 0.270 e. The summed E-state index contributed by atoms with van der Waals surface area (Å²) in [5.74, 6) is 1.33. The molecule has 1 N–H and O–H groups in total. The van der Waals surface area contributed by atoms with Crippen molar-refractivity contribution < 1.29 is 9.72 Å². The fraction of sp³-hybridized carbons (Fsp3) is 0.440. The molecule has 2 fully saturated rings. The van der Waals surface area contributed by atoms with Crippen molar-refractivity contribution in [1.29, 1.82) is 0 Å². The van der Waals surface area contributed by atoms with Crippen LogP contribution in [0.15, 0.2) is 42.5 Å². The Hall–Kier alpha value is -3.62. The molecule has 3 aromatic rings. The van der Waals surface area contributed by atoms with Crippen LogP contribution in [0.4, 0.5) is 17.3 Å². The van der Waals surface area contributed by atoms with Gasteiger partial charge in [-0.2, -0.15) is 0 Å². The molecule has 0 spiro atoms. The van der Waals surface area contributed by atoms with Gasteiger partial charge in [-0.25, -0.2) is 4.98 Å². The molecular weight excluding hydrogens is 432 g/mol. The van der Waals surface area contributed by atoms with Gasteiger partial charge in [0.25, 0.3) is 11.6 Å². The zero-order valence-electron chi connectivity index (χ0n) is 19.4. The lowest BCUT2D eigenvalue weighted by Gasteiger charge is -2.34. The molecule has 0 aliphatic carbocycles. The maximum atomic E-state index is 13.7. The van der Waals surface area contributed by atoms with Crippen LogP contribution in [0.3, 0.4) is 0 Å². The Labute approximate surface area is 198 Å². The van der Waals surface area contributed by atoms with Crippen LogP contribution in [0.5, 0.6) is 0 Å². The average molecular weight is 463 g/mol. The van der Waals surface area contributed by atoms with E-state index in [4.69, 9.17) is 4.98 Å². The summed E-state index contributed by atoms with van der Waals surface area (Å²) in [6.45, 7) is 6.54. The number of piperidine rings is 1. The number of anilines is 2. The first-order valence-corrected chi connectivity index (χ1v) is 12.0. The number of rotatable bonds is 4. The highest BCUT2D eigenvalue weighted by molar-refractivity contribution is 6.00. The third-order valence-corrected chi connectivity index (χ3v) is 7.01. The molecule has 0 bridgehead atoms. The molecule has 178 valence electrons. The molecule has 9 heteroatoms. The minimum atomic E-state index is -0.426. The molecule has 1 aromatic heterocycles. The Bertz CT molecular complexity index is 1170. The average Bonchev–Trinajstić information content (AvgIpc) is 3.13. The lowest BCUT2D eigenvalue weighted by molar-refractivity contribution is -0.384. The van der Waals surface area contributed by atoms with E-state index in [0.717, 1.165) is 61.6 Å². The third kappa shape index (κ3) is 4.42. The summed E-state index contributed by atoms with van der Waals surface area (Å²) in [6.07, 6.45) is 2.91. The van der Waals surface area contributed by atoms with Crippen molar-refractivity contribution in [2.75, 3.05) is 49.1 Å². The summed E-state index contributed by atoms with van der Waals surface area (Å²) in [5, 5.41) is 11.5. The fourth-order valence-electron chi connectivity index (χ4n) is 4.93. The molecule has 2 saturated heterocycles. The number of benzene rings is 2. The summed E-state index contributed by atoms with van der Waals surface area (Å²) in [7, 11) is 0. The van der Waals surface area contributed by atoms with Crippen LogP contribution in [0.2, 0.25) is 0 Å². The lowest BCUT2D eigenvalue weighted by Crippen LogP contribution is -2.38. The van der Waals surface area contributed by atoms with E-state index >= 15 is 0 Å². The van der Waals surface area contributed by atoms with E-state index in [1.54, 1.807) is 6.07 Å². The Morgan fingerprint density at radius 1 is 1.03 bits per heavy atom. The highest BCUT2D eigenvalue weighted by Crippen LogP contribution is 2.30. The number of hydrogen-bond donors (Lipinski definition) is 1. The fourth-order valence-corrected chi connectivity index (χ4v) is 4.93. The van der Waals surface area contributed by atoms with E-state index in [2.05, 4.69) is 21.7 Å². The maximum absolute atomic E-state index is 13.7. The van der Waals surface area contributed by atoms with E-state index in [-0.39, 0.29) is 11.6 Å². The van der Waals surface area contributed by atoms with Gasteiger partial charge in [-0.05, 0) is 43.4 Å². The van der Waals surface area contributed by atoms with Gasteiger partial charge in [0, 0.05) is 51.4 Å². The van der Waals surface area contributed by atoms with E-state index in [0.29, 0.717) is 31.1 Å². The standard InChI is InChI=1S/C25H30N6O3/c1-18-9-13-28(14-10-18)23-8-7-19(31(33)34)17-20(23)24(32)29-11-4-12-30(16-15-29)25-26-21-5-2-3-6-22(21)27-25/h2-3,5-8,17-18H,4,9-16H2,1H3,(H,26,27). The molecule has 9 nitrogen and oxygen atoms in total. The van der Waals surface area contributed by atoms with Crippen molar-refractivity contribution in [2.24, 2.45) is 5.92 Å². The highest BCUT2D eigenvalue weighted by atomic mass is 16.6. The van der Waals surface area contributed by atoms with Crippen LogP contribution in [0, 0.1) is 16.0 Å². The van der Waals surface area contributed by atoms with E-state index < -0.39 is 4.92 Å². The summed E-state index contributed by atoms with van der Waals surface area (Å²) in [6, 6.07) is 12.6. The van der Waals surface area contributed by atoms with E-state index in [1.165, 1.54) is 12.1 Å². The summed E-state index contributed by atoms with van der Waals surface area (Å²) < 4.78 is 0. The Balaban J connectivity index is 1.37. The van der Waals surface area contributed by atoms with Crippen LogP contribution < -0.4 is 9.80 Å². The number of amides is 1. The largest absolute Gasteiger partial charge is 0.371 e. The highest BCUT2D eigenvalue weighted by Gasteiger charge is 2.28. The Kier molecular flexibility index (Phi) is 6.08. The lowest BCUT2D eigenvalue weighted by atomic mass is 9.97. The first-order valence-electron chi connectivity index (χ1n) is 12.0. The number of nitro groups is 1. The van der Waals surface area contributed by atoms with Crippen LogP contribution in [0.25, 0.3) is 11.0 Å². The molecule has 3 heterocycles. The number of nitrogens with one attached hydrogen (secondary N) is 1. The zero-order chi connectivity index (χ0) is 23.7. The van der Waals surface area contributed by atoms with Crippen LogP contribution >= 0.6 is 0 Å². The van der Waals surface area contributed by atoms with Gasteiger partial charge in [0.1, 0.15) is 0 Å². The first-order chi connectivity index (χ1) is 16.5. The molecule has 0 saturated carbocycles. The van der Waals surface area contributed by atoms with Crippen LogP contribution in [-0.4, -0.2) is 65.0 Å². The molecule has 0 atom stereocenters. The van der Waals surface area contributed by atoms with E-state index in [9.17, 15) is 14.9 Å². The molecule has 2 aromatic carbocycles. The van der Waals surface area contributed by atoms with Crippen molar-refractivity contribution in [1.82, 2.24) is 14.9 Å². The number of aromatic nitrogens is 2. The summed E-state index contributed by atoms with van der Waals surface area (Å²) in [5.41, 5.74) is 3.11. The number of aromatic amines is 1. The van der Waals surface area contributed by atoms with Gasteiger partial charge in [0.2, 0.25) is 5.95 Å². The minimum absolute atomic E-state index is 0.0452. The van der Waals surface area contributed by atoms with Gasteiger partial charge in [-0.15, -0.1) is 0 Å². The number of hydrogen-bond acceptors (Lipinski definition) is 6. The van der Waals surface area contributed by atoms with Crippen molar-refractivity contribution in [3.8, 4) is 0 Å². The number of fused-ring (bicyclic) bond motifs is 1. The van der Waals surface area contributed by atoms with Crippen LogP contribution in [-0.2, 0) is 0 Å². The SMILES string of the molecule is CC1CCN(c2ccc([N+](=O)[O-])cc2C(=O)N2CCCN(c3nc4ccccc4[nH]3)CC2)CC1. The number of carbonyl (C=O) groups excluding carboxylic acids is 1. The minimum Gasteiger partial charge on any atom is -0.371 e. The topological polar surface area (TPSA) is 98.6 Å². The van der Waals surface area contributed by atoms with Gasteiger partial charge in [-0.1, -0.05) is 19.1 Å². The summed E-state index contributed by atoms with van der Waals surface area (Å²) in [4.78, 5) is 39.0. The van der Waals surface area contributed by atoms with Crippen molar-refractivity contribution in [3.63, 3.8) is 0 Å². The molecule has 2 aliphatic heterocycles. The number of nitro benzene ring substituents is 1.